The van der Waals surface area contributed by atoms with Crippen LogP contribution in [0.5, 0.6) is 11.5 Å². The lowest BCUT2D eigenvalue weighted by atomic mass is 10.2. The van der Waals surface area contributed by atoms with E-state index in [1.54, 1.807) is 43.3 Å². The second kappa shape index (κ2) is 10.4. The molecule has 2 aromatic heterocycles. The van der Waals surface area contributed by atoms with Gasteiger partial charge in [0.25, 0.3) is 5.91 Å². The van der Waals surface area contributed by atoms with E-state index in [1.165, 1.54) is 13.3 Å². The fourth-order valence-corrected chi connectivity index (χ4v) is 3.46. The summed E-state index contributed by atoms with van der Waals surface area (Å²) >= 11 is 12.1. The molecule has 2 aromatic carbocycles. The topological polar surface area (TPSA) is 156 Å². The Kier molecular flexibility index (Phi) is 7.13. The number of ether oxygens (including phenoxy) is 2. The van der Waals surface area contributed by atoms with Gasteiger partial charge in [-0.2, -0.15) is 9.78 Å². The van der Waals surface area contributed by atoms with Gasteiger partial charge in [0.2, 0.25) is 11.6 Å². The highest BCUT2D eigenvalue weighted by atomic mass is 35.5. The monoisotopic (exact) mass is 516 g/mol. The molecule has 0 aliphatic heterocycles. The number of hydrogen-bond donors (Lipinski definition) is 2. The predicted molar refractivity (Wildman–Crippen MR) is 127 cm³/mol. The van der Waals surface area contributed by atoms with Gasteiger partial charge in [-0.1, -0.05) is 34.5 Å². The number of hydrogen-bond acceptors (Lipinski definition) is 10. The van der Waals surface area contributed by atoms with E-state index in [4.69, 9.17) is 38.4 Å². The number of nitrogens with one attached hydrogen (secondary N) is 1. The zero-order valence-electron chi connectivity index (χ0n) is 18.4. The van der Waals surface area contributed by atoms with Gasteiger partial charge in [0, 0.05) is 15.6 Å². The maximum Gasteiger partial charge on any atom is 0.292 e. The van der Waals surface area contributed by atoms with Crippen molar-refractivity contribution >= 4 is 41.1 Å². The van der Waals surface area contributed by atoms with E-state index in [2.05, 4.69) is 35.8 Å². The van der Waals surface area contributed by atoms with Crippen LogP contribution in [-0.4, -0.2) is 44.5 Å². The molecule has 0 spiro atoms. The van der Waals surface area contributed by atoms with Gasteiger partial charge in [-0.25, -0.2) is 10.1 Å². The summed E-state index contributed by atoms with van der Waals surface area (Å²) in [6, 6.07) is 10.3. The summed E-state index contributed by atoms with van der Waals surface area (Å²) in [5.41, 5.74) is 9.94. The number of aryl methyl sites for hydroxylation is 1. The molecule has 0 unspecified atom stereocenters. The minimum atomic E-state index is -0.585. The molecule has 0 atom stereocenters. The number of anilines is 1. The molecule has 12 nitrogen and oxygen atoms in total. The third kappa shape index (κ3) is 5.34. The van der Waals surface area contributed by atoms with Crippen LogP contribution >= 0.6 is 23.2 Å². The van der Waals surface area contributed by atoms with Gasteiger partial charge in [0.1, 0.15) is 6.61 Å². The Bertz CT molecular complexity index is 1400. The Labute approximate surface area is 208 Å². The number of rotatable bonds is 8. The van der Waals surface area contributed by atoms with Gasteiger partial charge in [0.15, 0.2) is 17.2 Å². The van der Waals surface area contributed by atoms with Crippen LogP contribution < -0.4 is 20.6 Å². The van der Waals surface area contributed by atoms with E-state index in [-0.39, 0.29) is 23.9 Å². The fourth-order valence-electron chi connectivity index (χ4n) is 3.00. The second-order valence-corrected chi connectivity index (χ2v) is 7.89. The quantitative estimate of drug-likeness (QED) is 0.265. The number of carbonyl (C=O) groups is 1. The zero-order valence-corrected chi connectivity index (χ0v) is 19.9. The van der Waals surface area contributed by atoms with Crippen molar-refractivity contribution in [3.05, 3.63) is 69.0 Å². The van der Waals surface area contributed by atoms with Crippen molar-refractivity contribution in [1.82, 2.24) is 30.7 Å². The van der Waals surface area contributed by atoms with Gasteiger partial charge in [-0.05, 0) is 53.1 Å². The van der Waals surface area contributed by atoms with Crippen molar-refractivity contribution < 1.29 is 18.9 Å². The van der Waals surface area contributed by atoms with Crippen LogP contribution in [0.25, 0.3) is 5.82 Å². The van der Waals surface area contributed by atoms with Gasteiger partial charge in [-0.3, -0.25) is 4.79 Å². The molecular weight excluding hydrogens is 499 g/mol. The number of nitrogens with zero attached hydrogens (tertiary/aromatic N) is 6. The Hall–Kier alpha value is -4.16. The number of nitrogen functional groups attached to an aromatic ring is 1. The standard InChI is InChI=1S/C21H18Cl2N8O4/c1-11-18(31(30-26-11)20-19(24)28-35-29-20)21(32)27-25-9-12-3-6-16(17(7-12)33-2)34-10-13-4-5-14(22)8-15(13)23/h3-9H,10H2,1-2H3,(H2,24,28)(H,27,32). The van der Waals surface area contributed by atoms with E-state index in [0.29, 0.717) is 32.8 Å². The molecule has 0 aliphatic rings. The molecule has 0 fully saturated rings. The predicted octanol–water partition coefficient (Wildman–Crippen LogP) is 3.20. The lowest BCUT2D eigenvalue weighted by molar-refractivity contribution is 0.0946. The van der Waals surface area contributed by atoms with Crippen molar-refractivity contribution in [2.45, 2.75) is 13.5 Å². The first kappa shape index (κ1) is 24.0. The number of hydrazone groups is 1. The lowest BCUT2D eigenvalue weighted by Crippen LogP contribution is -2.22. The van der Waals surface area contributed by atoms with Crippen molar-refractivity contribution in [2.24, 2.45) is 5.10 Å². The first-order valence-electron chi connectivity index (χ1n) is 9.96. The largest absolute Gasteiger partial charge is 0.493 e. The first-order valence-corrected chi connectivity index (χ1v) is 10.7. The van der Waals surface area contributed by atoms with E-state index < -0.39 is 5.91 Å². The maximum absolute atomic E-state index is 12.7. The molecule has 0 bridgehead atoms. The Balaban J connectivity index is 1.44. The average Bonchev–Trinajstić information content (AvgIpc) is 3.43. The van der Waals surface area contributed by atoms with E-state index >= 15 is 0 Å². The third-order valence-electron chi connectivity index (χ3n) is 4.72. The number of halogens is 2. The Morgan fingerprint density at radius 1 is 1.23 bits per heavy atom. The molecule has 4 rings (SSSR count). The second-order valence-electron chi connectivity index (χ2n) is 7.04. The number of amides is 1. The molecule has 35 heavy (non-hydrogen) atoms. The summed E-state index contributed by atoms with van der Waals surface area (Å²) in [6.45, 7) is 1.83. The van der Waals surface area contributed by atoms with E-state index in [0.717, 1.165) is 10.2 Å². The number of aromatic nitrogens is 5. The Morgan fingerprint density at radius 2 is 2.06 bits per heavy atom. The summed E-state index contributed by atoms with van der Waals surface area (Å²) < 4.78 is 16.9. The summed E-state index contributed by atoms with van der Waals surface area (Å²) in [5, 5.41) is 19.9. The number of benzene rings is 2. The van der Waals surface area contributed by atoms with Crippen LogP contribution in [0, 0.1) is 6.92 Å². The molecule has 0 saturated heterocycles. The summed E-state index contributed by atoms with van der Waals surface area (Å²) in [4.78, 5) is 12.7. The number of methoxy groups -OCH3 is 1. The minimum absolute atomic E-state index is 0.0415. The minimum Gasteiger partial charge on any atom is -0.493 e. The highest BCUT2D eigenvalue weighted by Gasteiger charge is 2.22. The lowest BCUT2D eigenvalue weighted by Gasteiger charge is -2.12. The molecule has 180 valence electrons. The van der Waals surface area contributed by atoms with Gasteiger partial charge in [0.05, 0.1) is 19.0 Å². The van der Waals surface area contributed by atoms with Crippen LogP contribution in [0.1, 0.15) is 27.3 Å². The highest BCUT2D eigenvalue weighted by Crippen LogP contribution is 2.30. The van der Waals surface area contributed by atoms with Crippen molar-refractivity contribution in [3.63, 3.8) is 0 Å². The van der Waals surface area contributed by atoms with E-state index in [9.17, 15) is 4.79 Å². The van der Waals surface area contributed by atoms with Crippen LogP contribution in [0.4, 0.5) is 5.82 Å². The van der Waals surface area contributed by atoms with Crippen molar-refractivity contribution in [3.8, 4) is 17.3 Å². The van der Waals surface area contributed by atoms with Gasteiger partial charge < -0.3 is 15.2 Å². The molecule has 0 radical (unpaired) electrons. The van der Waals surface area contributed by atoms with Crippen molar-refractivity contribution in [1.29, 1.82) is 0 Å². The van der Waals surface area contributed by atoms with Crippen molar-refractivity contribution in [2.75, 3.05) is 12.8 Å². The summed E-state index contributed by atoms with van der Waals surface area (Å²) in [7, 11) is 1.52. The van der Waals surface area contributed by atoms with Gasteiger partial charge in [-0.15, -0.1) is 5.10 Å². The Morgan fingerprint density at radius 3 is 2.77 bits per heavy atom. The van der Waals surface area contributed by atoms with Crippen LogP contribution in [0.2, 0.25) is 10.0 Å². The molecule has 3 N–H and O–H groups in total. The van der Waals surface area contributed by atoms with E-state index in [1.807, 2.05) is 0 Å². The molecule has 4 aromatic rings. The van der Waals surface area contributed by atoms with Gasteiger partial charge >= 0.3 is 0 Å². The normalized spacial score (nSPS) is 11.1. The summed E-state index contributed by atoms with van der Waals surface area (Å²) in [5.74, 6) is 0.389. The maximum atomic E-state index is 12.7. The molecule has 2 heterocycles. The molecule has 14 heteroatoms. The number of carbonyl (C=O) groups excluding carboxylic acids is 1. The smallest absolute Gasteiger partial charge is 0.292 e. The molecule has 0 aliphatic carbocycles. The zero-order chi connectivity index (χ0) is 24.9. The molecule has 0 saturated carbocycles. The highest BCUT2D eigenvalue weighted by molar-refractivity contribution is 6.35. The first-order chi connectivity index (χ1) is 16.9. The average molecular weight is 517 g/mol. The summed E-state index contributed by atoms with van der Waals surface area (Å²) in [6.07, 6.45) is 1.44. The number of nitrogens with two attached hydrogens (primary N) is 1. The van der Waals surface area contributed by atoms with Crippen LogP contribution in [0.15, 0.2) is 46.1 Å². The van der Waals surface area contributed by atoms with Crippen LogP contribution in [0.3, 0.4) is 0 Å². The third-order valence-corrected chi connectivity index (χ3v) is 5.30. The molecular formula is C21H18Cl2N8O4. The fraction of sp³-hybridized carbons (Fsp3) is 0.143. The van der Waals surface area contributed by atoms with Crippen LogP contribution in [-0.2, 0) is 6.61 Å². The SMILES string of the molecule is COc1cc(C=NNC(=O)c2c(C)nnn2-c2nonc2N)ccc1OCc1ccc(Cl)cc1Cl. The molecule has 1 amide bonds.